The number of methoxy groups -OCH3 is 1. The van der Waals surface area contributed by atoms with Crippen molar-refractivity contribution in [1.82, 2.24) is 10.2 Å². The number of hydrogen-bond acceptors (Lipinski definition) is 11. The fraction of sp³-hybridized carbons (Fsp3) is 0.455. The zero-order valence-electron chi connectivity index (χ0n) is 25.8. The highest BCUT2D eigenvalue weighted by Crippen LogP contribution is 2.65. The lowest BCUT2D eigenvalue weighted by Gasteiger charge is -2.61. The van der Waals surface area contributed by atoms with Crippen molar-refractivity contribution in [3.63, 3.8) is 0 Å². The summed E-state index contributed by atoms with van der Waals surface area (Å²) in [6.07, 6.45) is -2.08. The second kappa shape index (κ2) is 13.1. The van der Waals surface area contributed by atoms with Crippen LogP contribution in [0, 0.1) is 0 Å². The Balaban J connectivity index is 0.00000433. The molecule has 13 nitrogen and oxygen atoms in total. The number of nitrogens with one attached hydrogen (secondary N) is 1. The third-order valence-corrected chi connectivity index (χ3v) is 9.66. The molecule has 0 aromatic heterocycles. The summed E-state index contributed by atoms with van der Waals surface area (Å²) < 4.78 is 23.8. The van der Waals surface area contributed by atoms with Gasteiger partial charge in [-0.2, -0.15) is 0 Å². The van der Waals surface area contributed by atoms with Crippen LogP contribution in [0.15, 0.2) is 54.3 Å². The van der Waals surface area contributed by atoms with E-state index in [2.05, 4.69) is 10.2 Å². The average Bonchev–Trinajstić information content (AvgIpc) is 3.39. The summed E-state index contributed by atoms with van der Waals surface area (Å²) in [5, 5.41) is 32.9. The first-order chi connectivity index (χ1) is 22.0. The van der Waals surface area contributed by atoms with Crippen molar-refractivity contribution in [2.75, 3.05) is 27.2 Å². The van der Waals surface area contributed by atoms with Crippen molar-refractivity contribution in [1.29, 1.82) is 0 Å². The van der Waals surface area contributed by atoms with Gasteiger partial charge in [-0.3, -0.25) is 9.59 Å². The summed E-state index contributed by atoms with van der Waals surface area (Å²) in [5.41, 5.74) is 0.206. The Morgan fingerprint density at radius 1 is 1.15 bits per heavy atom. The van der Waals surface area contributed by atoms with Crippen molar-refractivity contribution >= 4 is 36.2 Å². The number of carbonyl (C=O) groups is 4. The number of amides is 1. The van der Waals surface area contributed by atoms with Gasteiger partial charge in [-0.15, -0.1) is 12.4 Å². The van der Waals surface area contributed by atoms with Gasteiger partial charge in [0.05, 0.1) is 31.0 Å². The second-order valence-corrected chi connectivity index (χ2v) is 12.1. The monoisotopic (exact) mass is 672 g/mol. The molecule has 14 heteroatoms. The first-order valence-corrected chi connectivity index (χ1v) is 15.1. The van der Waals surface area contributed by atoms with Gasteiger partial charge in [0.1, 0.15) is 5.76 Å². The van der Waals surface area contributed by atoms with Gasteiger partial charge in [0.25, 0.3) is 0 Å². The molecule has 2 bridgehead atoms. The van der Waals surface area contributed by atoms with Gasteiger partial charge in [0, 0.05) is 30.1 Å². The molecule has 0 radical (unpaired) electrons. The van der Waals surface area contributed by atoms with Gasteiger partial charge in [-0.1, -0.05) is 36.4 Å². The number of rotatable bonds is 11. The molecule has 47 heavy (non-hydrogen) atoms. The number of piperidine rings is 1. The summed E-state index contributed by atoms with van der Waals surface area (Å²) >= 11 is 0. The Morgan fingerprint density at radius 3 is 2.60 bits per heavy atom. The van der Waals surface area contributed by atoms with Crippen molar-refractivity contribution < 1.29 is 53.4 Å². The number of benzene rings is 2. The molecule has 1 amide bonds. The molecule has 4 aliphatic rings. The normalized spacial score (nSPS) is 26.3. The number of carbonyl (C=O) groups excluding carboxylic acids is 3. The number of halogens is 1. The number of ether oxygens (including phenoxy) is 4. The van der Waals surface area contributed by atoms with Crippen LogP contribution in [0.4, 0.5) is 0 Å². The maximum absolute atomic E-state index is 13.8. The quantitative estimate of drug-likeness (QED) is 0.253. The van der Waals surface area contributed by atoms with Gasteiger partial charge in [0.15, 0.2) is 23.7 Å². The molecule has 2 heterocycles. The summed E-state index contributed by atoms with van der Waals surface area (Å²) in [6.45, 7) is 0.487. The Kier molecular flexibility index (Phi) is 9.56. The van der Waals surface area contributed by atoms with E-state index < -0.39 is 59.6 Å². The lowest BCUT2D eigenvalue weighted by molar-refractivity contribution is -0.176. The first-order valence-electron chi connectivity index (χ1n) is 15.1. The lowest BCUT2D eigenvalue weighted by atomic mass is 9.50. The number of nitrogens with zero attached hydrogens (tertiary/aromatic N) is 1. The van der Waals surface area contributed by atoms with E-state index >= 15 is 0 Å². The number of likely N-dealkylation sites (tertiary alicyclic amines) is 1. The van der Waals surface area contributed by atoms with E-state index in [9.17, 15) is 29.4 Å². The highest BCUT2D eigenvalue weighted by Gasteiger charge is 2.72. The average molecular weight is 673 g/mol. The fourth-order valence-corrected chi connectivity index (χ4v) is 7.47. The fourth-order valence-electron chi connectivity index (χ4n) is 7.47. The van der Waals surface area contributed by atoms with Crippen molar-refractivity contribution in [3.8, 4) is 11.5 Å². The van der Waals surface area contributed by atoms with Gasteiger partial charge < -0.3 is 44.5 Å². The molecule has 1 saturated heterocycles. The van der Waals surface area contributed by atoms with Crippen molar-refractivity contribution in [3.05, 3.63) is 71.0 Å². The zero-order chi connectivity index (χ0) is 32.8. The molecule has 2 aromatic carbocycles. The minimum absolute atomic E-state index is 0. The van der Waals surface area contributed by atoms with Crippen molar-refractivity contribution in [2.24, 2.45) is 0 Å². The number of aliphatic hydroxyl groups excluding tert-OH is 1. The van der Waals surface area contributed by atoms with Crippen molar-refractivity contribution in [2.45, 2.75) is 67.5 Å². The molecule has 0 saturated carbocycles. The Labute approximate surface area is 276 Å². The summed E-state index contributed by atoms with van der Waals surface area (Å²) in [5.74, 6) is -2.73. The molecule has 2 aliphatic carbocycles. The number of esters is 2. The van der Waals surface area contributed by atoms with Crippen LogP contribution in [0.3, 0.4) is 0 Å². The van der Waals surface area contributed by atoms with Crippen LogP contribution in [-0.2, 0) is 40.5 Å². The molecule has 0 unspecified atom stereocenters. The lowest BCUT2D eigenvalue weighted by Crippen LogP contribution is -2.74. The number of aliphatic carboxylic acids is 1. The summed E-state index contributed by atoms with van der Waals surface area (Å²) in [6, 6.07) is 12.0. The van der Waals surface area contributed by atoms with Gasteiger partial charge in [-0.05, 0) is 44.1 Å². The number of hydrogen-bond donors (Lipinski definition) is 4. The van der Waals surface area contributed by atoms with Gasteiger partial charge in [-0.25, -0.2) is 9.59 Å². The van der Waals surface area contributed by atoms with E-state index in [1.54, 1.807) is 43.5 Å². The predicted octanol–water partition coefficient (Wildman–Crippen LogP) is 1.56. The molecule has 4 N–H and O–H groups in total. The molecule has 6 atom stereocenters. The summed E-state index contributed by atoms with van der Waals surface area (Å²) in [4.78, 5) is 51.5. The largest absolute Gasteiger partial charge is 0.493 e. The molecular weight excluding hydrogens is 636 g/mol. The van der Waals surface area contributed by atoms with Gasteiger partial charge in [0.2, 0.25) is 12.0 Å². The van der Waals surface area contributed by atoms with Crippen LogP contribution >= 0.6 is 12.4 Å². The van der Waals surface area contributed by atoms with Crippen LogP contribution in [0.25, 0.3) is 0 Å². The Hall–Kier alpha value is -4.17. The maximum atomic E-state index is 13.8. The molecule has 2 aromatic rings. The number of carboxylic acids is 1. The second-order valence-electron chi connectivity index (χ2n) is 12.1. The summed E-state index contributed by atoms with van der Waals surface area (Å²) in [7, 11) is 3.55. The van der Waals surface area contributed by atoms with E-state index in [4.69, 9.17) is 24.1 Å². The first kappa shape index (κ1) is 34.2. The molecular formula is C33H37ClN2O11. The molecule has 1 spiro atoms. The number of aliphatic hydroxyl groups is 2. The van der Waals surface area contributed by atoms with E-state index in [0.717, 1.165) is 11.1 Å². The highest BCUT2D eigenvalue weighted by atomic mass is 35.5. The molecule has 1 fully saturated rings. The minimum atomic E-state index is -1.87. The predicted molar refractivity (Wildman–Crippen MR) is 166 cm³/mol. The smallest absolute Gasteiger partial charge is 0.357 e. The van der Waals surface area contributed by atoms with Crippen LogP contribution in [-0.4, -0.2) is 95.1 Å². The topological polar surface area (TPSA) is 181 Å². The minimum Gasteiger partial charge on any atom is -0.493 e. The van der Waals surface area contributed by atoms with E-state index in [1.807, 2.05) is 19.2 Å². The van der Waals surface area contributed by atoms with E-state index in [0.29, 0.717) is 36.4 Å². The maximum Gasteiger partial charge on any atom is 0.357 e. The Morgan fingerprint density at radius 2 is 1.89 bits per heavy atom. The van der Waals surface area contributed by atoms with Crippen LogP contribution in [0.5, 0.6) is 11.5 Å². The number of carboxylic acid groups (broad SMARTS) is 1. The van der Waals surface area contributed by atoms with Crippen LogP contribution in [0.2, 0.25) is 0 Å². The third kappa shape index (κ3) is 5.71. The van der Waals surface area contributed by atoms with Crippen LogP contribution < -0.4 is 14.8 Å². The third-order valence-electron chi connectivity index (χ3n) is 9.66. The van der Waals surface area contributed by atoms with Crippen LogP contribution in [0.1, 0.15) is 48.5 Å². The number of likely N-dealkylation sites (N-methyl/N-ethyl adjacent to an activating group) is 1. The molecule has 2 aliphatic heterocycles. The Bertz CT molecular complexity index is 1600. The standard InChI is InChI=1S/C33H36N2O11.ClH/c1-35-15-13-32-26-19-8-9-21(43-2)28(26)46-29(32)22(10-12-33(32,42)23(35)16-19)44-31(41)27(18-6-4-3-5-7-18)45-25(38)11-14-34-24(37)17-20(36)30(39)40;/h3-10,20,23,27,29,36,42H,11-17H2,1-2H3,(H,34,37)(H,39,40);1H/t20-,23+,27+,29-,32-,33+;/m0./s1. The zero-order valence-corrected chi connectivity index (χ0v) is 26.7. The SMILES string of the molecule is COc1ccc2c3c1O[C@H]1C(OC(=O)[C@H](OC(=O)CCNC(=O)C[C@H](O)C(=O)O)c4ccccc4)=CC[C@@]4(O)[C@@H](C2)N(C)CC[C@]314.Cl. The van der Waals surface area contributed by atoms with E-state index in [-0.39, 0.29) is 43.6 Å². The molecule has 252 valence electrons. The van der Waals surface area contributed by atoms with Gasteiger partial charge >= 0.3 is 17.9 Å². The highest BCUT2D eigenvalue weighted by molar-refractivity contribution is 5.85. The molecule has 6 rings (SSSR count). The van der Waals surface area contributed by atoms with E-state index in [1.165, 1.54) is 0 Å².